The van der Waals surface area contributed by atoms with E-state index >= 15 is 0 Å². The quantitative estimate of drug-likeness (QED) is 0.661. The first-order valence-electron chi connectivity index (χ1n) is 11.8. The molecule has 2 N–H and O–H groups in total. The maximum Gasteiger partial charge on any atom is 0.270 e. The second kappa shape index (κ2) is 10.9. The third-order valence-corrected chi connectivity index (χ3v) is 6.60. The Hall–Kier alpha value is -2.84. The molecule has 1 saturated heterocycles. The number of aromatic nitrogens is 2. The molecule has 33 heavy (non-hydrogen) atoms. The van der Waals surface area contributed by atoms with Crippen LogP contribution >= 0.6 is 0 Å². The number of carbonyl (C=O) groups excluding carboxylic acids is 2. The first-order valence-corrected chi connectivity index (χ1v) is 11.8. The van der Waals surface area contributed by atoms with Gasteiger partial charge in [0.25, 0.3) is 5.91 Å². The maximum atomic E-state index is 12.6. The van der Waals surface area contributed by atoms with Gasteiger partial charge in [0.05, 0.1) is 6.10 Å². The van der Waals surface area contributed by atoms with E-state index in [-0.39, 0.29) is 18.4 Å². The summed E-state index contributed by atoms with van der Waals surface area (Å²) in [7, 11) is 0. The summed E-state index contributed by atoms with van der Waals surface area (Å²) in [5.41, 5.74) is 3.78. The summed E-state index contributed by atoms with van der Waals surface area (Å²) in [5.74, 6) is 0.135. The Labute approximate surface area is 195 Å². The summed E-state index contributed by atoms with van der Waals surface area (Å²) in [6.07, 6.45) is 4.49. The van der Waals surface area contributed by atoms with E-state index in [1.54, 1.807) is 13.0 Å². The van der Waals surface area contributed by atoms with Crippen molar-refractivity contribution < 1.29 is 14.7 Å². The van der Waals surface area contributed by atoms with Crippen LogP contribution in [0.2, 0.25) is 0 Å². The Balaban J connectivity index is 1.25. The topological polar surface area (TPSA) is 98.7 Å². The van der Waals surface area contributed by atoms with Crippen LogP contribution in [0.1, 0.15) is 47.1 Å². The van der Waals surface area contributed by atoms with Gasteiger partial charge in [-0.2, -0.15) is 0 Å². The number of β-amino-alcohol motifs (C(OH)–C–C–N with tert-alkyl or cyclic N) is 1. The number of amides is 2. The normalized spacial score (nSPS) is 19.6. The molecular formula is C25H33N5O3. The number of nitrogens with one attached hydrogen (secondary N) is 1. The van der Waals surface area contributed by atoms with Crippen LogP contribution in [0.4, 0.5) is 0 Å². The Morgan fingerprint density at radius 3 is 2.85 bits per heavy atom. The van der Waals surface area contributed by atoms with Gasteiger partial charge >= 0.3 is 0 Å². The third kappa shape index (κ3) is 6.36. The molecule has 8 heteroatoms. The molecule has 1 aromatic carbocycles. The average molecular weight is 452 g/mol. The van der Waals surface area contributed by atoms with E-state index in [1.807, 2.05) is 11.0 Å². The van der Waals surface area contributed by atoms with Crippen LogP contribution in [-0.4, -0.2) is 75.5 Å². The summed E-state index contributed by atoms with van der Waals surface area (Å²) >= 11 is 0. The first kappa shape index (κ1) is 23.3. The number of likely N-dealkylation sites (tertiary alicyclic amines) is 1. The largest absolute Gasteiger partial charge is 0.390 e. The van der Waals surface area contributed by atoms with Crippen LogP contribution in [0.15, 0.2) is 36.7 Å². The van der Waals surface area contributed by atoms with E-state index in [2.05, 4.69) is 38.4 Å². The maximum absolute atomic E-state index is 12.6. The fourth-order valence-corrected chi connectivity index (χ4v) is 4.82. The van der Waals surface area contributed by atoms with E-state index in [0.717, 1.165) is 51.1 Å². The van der Waals surface area contributed by atoms with Gasteiger partial charge in [0, 0.05) is 51.9 Å². The Morgan fingerprint density at radius 1 is 1.21 bits per heavy atom. The molecule has 176 valence electrons. The van der Waals surface area contributed by atoms with Crippen molar-refractivity contribution in [2.75, 3.05) is 32.7 Å². The van der Waals surface area contributed by atoms with Crippen LogP contribution < -0.4 is 5.32 Å². The van der Waals surface area contributed by atoms with Crippen molar-refractivity contribution >= 4 is 11.8 Å². The monoisotopic (exact) mass is 451 g/mol. The lowest BCUT2D eigenvalue weighted by Gasteiger charge is -2.31. The lowest BCUT2D eigenvalue weighted by molar-refractivity contribution is -0.130. The molecule has 1 aromatic heterocycles. The van der Waals surface area contributed by atoms with Crippen molar-refractivity contribution in [1.82, 2.24) is 25.1 Å². The SMILES string of the molecule is CC(=O)N1CCC[C@@H](Cc2cc(C(=O)NC[C@H](O)CN3CCc4ccccc4C3)ncn2)C1. The van der Waals surface area contributed by atoms with Gasteiger partial charge in [-0.25, -0.2) is 9.97 Å². The lowest BCUT2D eigenvalue weighted by Crippen LogP contribution is -2.42. The molecule has 0 saturated carbocycles. The predicted octanol–water partition coefficient (Wildman–Crippen LogP) is 1.43. The van der Waals surface area contributed by atoms with Gasteiger partial charge in [0.1, 0.15) is 12.0 Å². The van der Waals surface area contributed by atoms with E-state index < -0.39 is 6.10 Å². The molecule has 3 heterocycles. The summed E-state index contributed by atoms with van der Waals surface area (Å²) in [6, 6.07) is 10.1. The Bertz CT molecular complexity index is 982. The van der Waals surface area contributed by atoms with Crippen molar-refractivity contribution in [3.63, 3.8) is 0 Å². The standard InChI is InChI=1S/C25H33N5O3/c1-18(31)30-9-4-5-19(14-30)11-22-12-24(28-17-27-22)25(33)26-13-23(32)16-29-10-8-20-6-2-3-7-21(20)15-29/h2-3,6-7,12,17,19,23,32H,4-5,8-11,13-16H2,1H3,(H,26,33)/t19-,23-/m0/s1. The van der Waals surface area contributed by atoms with Gasteiger partial charge < -0.3 is 15.3 Å². The molecule has 2 atom stereocenters. The predicted molar refractivity (Wildman–Crippen MR) is 124 cm³/mol. The van der Waals surface area contributed by atoms with E-state index in [0.29, 0.717) is 24.6 Å². The van der Waals surface area contributed by atoms with E-state index in [4.69, 9.17) is 0 Å². The molecule has 2 aliphatic heterocycles. The molecule has 4 rings (SSSR count). The zero-order valence-electron chi connectivity index (χ0n) is 19.2. The van der Waals surface area contributed by atoms with Gasteiger partial charge in [-0.1, -0.05) is 24.3 Å². The van der Waals surface area contributed by atoms with Crippen LogP contribution in [0, 0.1) is 5.92 Å². The van der Waals surface area contributed by atoms with Gasteiger partial charge in [-0.3, -0.25) is 14.5 Å². The summed E-state index contributed by atoms with van der Waals surface area (Å²) < 4.78 is 0. The number of hydrogen-bond acceptors (Lipinski definition) is 6. The number of benzene rings is 1. The zero-order chi connectivity index (χ0) is 23.2. The average Bonchev–Trinajstić information content (AvgIpc) is 2.83. The fraction of sp³-hybridized carbons (Fsp3) is 0.520. The number of nitrogens with zero attached hydrogens (tertiary/aromatic N) is 4. The van der Waals surface area contributed by atoms with Crippen LogP contribution in [0.25, 0.3) is 0 Å². The molecule has 2 aliphatic rings. The fourth-order valence-electron chi connectivity index (χ4n) is 4.82. The minimum atomic E-state index is -0.652. The third-order valence-electron chi connectivity index (χ3n) is 6.60. The molecule has 2 amide bonds. The molecule has 0 spiro atoms. The highest BCUT2D eigenvalue weighted by atomic mass is 16.3. The van der Waals surface area contributed by atoms with Gasteiger partial charge in [0.15, 0.2) is 0 Å². The molecular weight excluding hydrogens is 418 g/mol. The smallest absolute Gasteiger partial charge is 0.270 e. The molecule has 0 unspecified atom stereocenters. The highest BCUT2D eigenvalue weighted by Crippen LogP contribution is 2.21. The summed E-state index contributed by atoms with van der Waals surface area (Å²) in [6.45, 7) is 5.56. The summed E-state index contributed by atoms with van der Waals surface area (Å²) in [4.78, 5) is 36.8. The highest BCUT2D eigenvalue weighted by molar-refractivity contribution is 5.92. The molecule has 0 radical (unpaired) electrons. The molecule has 2 aromatic rings. The number of aliphatic hydroxyl groups excluding tert-OH is 1. The van der Waals surface area contributed by atoms with Crippen molar-refractivity contribution in [2.24, 2.45) is 5.92 Å². The summed E-state index contributed by atoms with van der Waals surface area (Å²) in [5, 5.41) is 13.3. The van der Waals surface area contributed by atoms with Crippen molar-refractivity contribution in [3.8, 4) is 0 Å². The molecule has 0 bridgehead atoms. The van der Waals surface area contributed by atoms with E-state index in [9.17, 15) is 14.7 Å². The van der Waals surface area contributed by atoms with Crippen LogP contribution in [0.3, 0.4) is 0 Å². The van der Waals surface area contributed by atoms with E-state index in [1.165, 1.54) is 17.5 Å². The molecule has 8 nitrogen and oxygen atoms in total. The second-order valence-corrected chi connectivity index (χ2v) is 9.19. The molecule has 0 aliphatic carbocycles. The Morgan fingerprint density at radius 2 is 2.03 bits per heavy atom. The highest BCUT2D eigenvalue weighted by Gasteiger charge is 2.23. The van der Waals surface area contributed by atoms with Crippen molar-refractivity contribution in [2.45, 2.75) is 45.3 Å². The number of aliphatic hydroxyl groups is 1. The zero-order valence-corrected chi connectivity index (χ0v) is 19.2. The van der Waals surface area contributed by atoms with Crippen LogP contribution in [-0.2, 0) is 24.2 Å². The van der Waals surface area contributed by atoms with Gasteiger partial charge in [0.2, 0.25) is 5.91 Å². The van der Waals surface area contributed by atoms with Gasteiger partial charge in [-0.15, -0.1) is 0 Å². The van der Waals surface area contributed by atoms with Gasteiger partial charge in [-0.05, 0) is 48.8 Å². The Kier molecular flexibility index (Phi) is 7.67. The van der Waals surface area contributed by atoms with Crippen molar-refractivity contribution in [1.29, 1.82) is 0 Å². The number of hydrogen-bond donors (Lipinski definition) is 2. The number of piperidine rings is 1. The minimum absolute atomic E-state index is 0.106. The molecule has 1 fully saturated rings. The lowest BCUT2D eigenvalue weighted by atomic mass is 9.93. The number of fused-ring (bicyclic) bond motifs is 1. The first-order chi connectivity index (χ1) is 16.0. The van der Waals surface area contributed by atoms with Crippen LogP contribution in [0.5, 0.6) is 0 Å². The number of carbonyl (C=O) groups is 2. The second-order valence-electron chi connectivity index (χ2n) is 9.19. The van der Waals surface area contributed by atoms with Crippen molar-refractivity contribution in [3.05, 3.63) is 59.2 Å². The minimum Gasteiger partial charge on any atom is -0.390 e. The number of rotatable bonds is 7.